The van der Waals surface area contributed by atoms with E-state index in [1.807, 2.05) is 6.08 Å². The van der Waals surface area contributed by atoms with Gasteiger partial charge in [0.1, 0.15) is 0 Å². The van der Waals surface area contributed by atoms with Crippen LogP contribution in [-0.2, 0) is 0 Å². The highest BCUT2D eigenvalue weighted by atomic mass is 15.6. The van der Waals surface area contributed by atoms with E-state index in [1.165, 1.54) is 25.7 Å². The quantitative estimate of drug-likeness (QED) is 0.753. The first-order chi connectivity index (χ1) is 11.2. The summed E-state index contributed by atoms with van der Waals surface area (Å²) in [6, 6.07) is 0.819. The van der Waals surface area contributed by atoms with E-state index in [-0.39, 0.29) is 0 Å². The Morgan fingerprint density at radius 2 is 1.87 bits per heavy atom. The molecule has 0 spiro atoms. The summed E-state index contributed by atoms with van der Waals surface area (Å²) in [5.41, 5.74) is 0. The lowest BCUT2D eigenvalue weighted by molar-refractivity contribution is 0.0738. The minimum atomic E-state index is 0.316. The maximum absolute atomic E-state index is 4.44. The van der Waals surface area contributed by atoms with Gasteiger partial charge in [-0.1, -0.05) is 32.8 Å². The fraction of sp³-hybridized carbons (Fsp3) is 0.824. The zero-order chi connectivity index (χ0) is 16.2. The molecule has 2 heterocycles. The largest absolute Gasteiger partial charge is 0.297 e. The molecule has 0 aromatic carbocycles. The second-order valence-electron chi connectivity index (χ2n) is 7.23. The normalized spacial score (nSPS) is 22.7. The maximum Gasteiger partial charge on any atom is 0.168 e. The van der Waals surface area contributed by atoms with Gasteiger partial charge in [0.2, 0.25) is 0 Å². The lowest BCUT2D eigenvalue weighted by atomic mass is 10.00. The zero-order valence-corrected chi connectivity index (χ0v) is 14.6. The molecule has 1 aromatic rings. The predicted octanol–water partition coefficient (Wildman–Crippen LogP) is 2.29. The first-order valence-electron chi connectivity index (χ1n) is 9.05. The van der Waals surface area contributed by atoms with Crippen molar-refractivity contribution in [2.75, 3.05) is 32.7 Å². The van der Waals surface area contributed by atoms with Gasteiger partial charge in [-0.2, -0.15) is 0 Å². The summed E-state index contributed by atoms with van der Waals surface area (Å²) in [4.78, 5) is 5.03. The fourth-order valence-electron chi connectivity index (χ4n) is 4.09. The maximum atomic E-state index is 4.44. The molecule has 1 saturated carbocycles. The van der Waals surface area contributed by atoms with Crippen molar-refractivity contribution < 1.29 is 0 Å². The summed E-state index contributed by atoms with van der Waals surface area (Å²) < 4.78 is 2.13. The van der Waals surface area contributed by atoms with Gasteiger partial charge in [-0.05, 0) is 29.2 Å². The average Bonchev–Trinajstić information content (AvgIpc) is 3.20. The highest BCUT2D eigenvalue weighted by Gasteiger charge is 2.33. The van der Waals surface area contributed by atoms with Gasteiger partial charge in [-0.25, -0.2) is 4.68 Å². The standard InChI is InChI=1S/C17H30N6/c1-4-9-21-10-12-22(13-11-21)16(14(2)3)17-18-19-20-23(17)15-7-5-6-8-15/h4,14-16H,1,5-13H2,2-3H3. The van der Waals surface area contributed by atoms with Gasteiger partial charge in [-0.3, -0.25) is 9.80 Å². The van der Waals surface area contributed by atoms with Gasteiger partial charge >= 0.3 is 0 Å². The Morgan fingerprint density at radius 3 is 2.48 bits per heavy atom. The van der Waals surface area contributed by atoms with Crippen LogP contribution in [0.1, 0.15) is 57.4 Å². The van der Waals surface area contributed by atoms with Crippen LogP contribution in [0.25, 0.3) is 0 Å². The monoisotopic (exact) mass is 318 g/mol. The summed E-state index contributed by atoms with van der Waals surface area (Å²) >= 11 is 0. The molecule has 1 aliphatic heterocycles. The molecule has 128 valence electrons. The van der Waals surface area contributed by atoms with E-state index in [4.69, 9.17) is 0 Å². The van der Waals surface area contributed by atoms with Crippen LogP contribution in [0.15, 0.2) is 12.7 Å². The Hall–Kier alpha value is -1.27. The number of nitrogens with zero attached hydrogens (tertiary/aromatic N) is 6. The highest BCUT2D eigenvalue weighted by molar-refractivity contribution is 4.99. The summed E-state index contributed by atoms with van der Waals surface area (Å²) in [7, 11) is 0. The Labute approximate surface area is 139 Å². The van der Waals surface area contributed by atoms with Gasteiger partial charge in [-0.15, -0.1) is 11.7 Å². The van der Waals surface area contributed by atoms with Gasteiger partial charge < -0.3 is 0 Å². The third-order valence-corrected chi connectivity index (χ3v) is 5.27. The summed E-state index contributed by atoms with van der Waals surface area (Å²) in [6.45, 7) is 13.8. The Bertz CT molecular complexity index is 497. The number of hydrogen-bond acceptors (Lipinski definition) is 5. The molecule has 0 radical (unpaired) electrons. The molecule has 0 bridgehead atoms. The number of rotatable bonds is 6. The molecule has 23 heavy (non-hydrogen) atoms. The summed E-state index contributed by atoms with van der Waals surface area (Å²) in [5, 5.41) is 12.8. The molecule has 1 aliphatic carbocycles. The zero-order valence-electron chi connectivity index (χ0n) is 14.6. The first-order valence-corrected chi connectivity index (χ1v) is 9.05. The Kier molecular flexibility index (Phi) is 5.43. The van der Waals surface area contributed by atoms with Crippen LogP contribution < -0.4 is 0 Å². The van der Waals surface area contributed by atoms with E-state index < -0.39 is 0 Å². The molecule has 2 fully saturated rings. The summed E-state index contributed by atoms with van der Waals surface area (Å²) in [6.07, 6.45) is 7.04. The molecule has 0 N–H and O–H groups in total. The number of tetrazole rings is 1. The molecule has 1 atom stereocenters. The lowest BCUT2D eigenvalue weighted by Gasteiger charge is -2.40. The topological polar surface area (TPSA) is 50.1 Å². The summed E-state index contributed by atoms with van der Waals surface area (Å²) in [5.74, 6) is 1.58. The van der Waals surface area contributed by atoms with Gasteiger partial charge in [0.05, 0.1) is 12.1 Å². The van der Waals surface area contributed by atoms with Crippen molar-refractivity contribution in [1.82, 2.24) is 30.0 Å². The van der Waals surface area contributed by atoms with Crippen molar-refractivity contribution in [3.8, 4) is 0 Å². The molecule has 0 amide bonds. The van der Waals surface area contributed by atoms with E-state index in [9.17, 15) is 0 Å². The number of aromatic nitrogens is 4. The van der Waals surface area contributed by atoms with Crippen molar-refractivity contribution in [2.45, 2.75) is 51.6 Å². The minimum absolute atomic E-state index is 0.316. The van der Waals surface area contributed by atoms with E-state index in [2.05, 4.69) is 50.4 Å². The third kappa shape index (κ3) is 3.63. The molecule has 6 nitrogen and oxygen atoms in total. The molecule has 6 heteroatoms. The highest BCUT2D eigenvalue weighted by Crippen LogP contribution is 2.34. The van der Waals surface area contributed by atoms with Crippen LogP contribution in [0.5, 0.6) is 0 Å². The number of hydrogen-bond donors (Lipinski definition) is 0. The van der Waals surface area contributed by atoms with E-state index in [0.29, 0.717) is 18.0 Å². The van der Waals surface area contributed by atoms with Crippen LogP contribution in [0.3, 0.4) is 0 Å². The number of piperazine rings is 1. The molecule has 1 saturated heterocycles. The molecule has 3 rings (SSSR count). The average molecular weight is 318 g/mol. The van der Waals surface area contributed by atoms with Crippen molar-refractivity contribution in [2.24, 2.45) is 5.92 Å². The minimum Gasteiger partial charge on any atom is -0.297 e. The van der Waals surface area contributed by atoms with E-state index >= 15 is 0 Å². The molecule has 1 aromatic heterocycles. The van der Waals surface area contributed by atoms with Crippen LogP contribution in [-0.4, -0.2) is 62.7 Å². The van der Waals surface area contributed by atoms with Gasteiger partial charge in [0.15, 0.2) is 5.82 Å². The Morgan fingerprint density at radius 1 is 1.17 bits per heavy atom. The van der Waals surface area contributed by atoms with E-state index in [0.717, 1.165) is 38.5 Å². The van der Waals surface area contributed by atoms with E-state index in [1.54, 1.807) is 0 Å². The van der Waals surface area contributed by atoms with Crippen LogP contribution >= 0.6 is 0 Å². The first kappa shape index (κ1) is 16.6. The van der Waals surface area contributed by atoms with Crippen LogP contribution in [0.4, 0.5) is 0 Å². The molecular formula is C17H30N6. The fourth-order valence-corrected chi connectivity index (χ4v) is 4.09. The predicted molar refractivity (Wildman–Crippen MR) is 91.1 cm³/mol. The van der Waals surface area contributed by atoms with Crippen LogP contribution in [0, 0.1) is 5.92 Å². The second kappa shape index (κ2) is 7.53. The van der Waals surface area contributed by atoms with Crippen molar-refractivity contribution in [1.29, 1.82) is 0 Å². The molecule has 2 aliphatic rings. The van der Waals surface area contributed by atoms with Gasteiger partial charge in [0, 0.05) is 32.7 Å². The van der Waals surface area contributed by atoms with Crippen molar-refractivity contribution in [3.05, 3.63) is 18.5 Å². The second-order valence-corrected chi connectivity index (χ2v) is 7.23. The van der Waals surface area contributed by atoms with Crippen molar-refractivity contribution >= 4 is 0 Å². The molecular weight excluding hydrogens is 288 g/mol. The van der Waals surface area contributed by atoms with Crippen molar-refractivity contribution in [3.63, 3.8) is 0 Å². The SMILES string of the molecule is C=CCN1CCN(C(c2nnnn2C2CCCC2)C(C)C)CC1. The van der Waals surface area contributed by atoms with Gasteiger partial charge in [0.25, 0.3) is 0 Å². The lowest BCUT2D eigenvalue weighted by Crippen LogP contribution is -2.49. The third-order valence-electron chi connectivity index (χ3n) is 5.27. The van der Waals surface area contributed by atoms with Crippen LogP contribution in [0.2, 0.25) is 0 Å². The Balaban J connectivity index is 1.75. The smallest absolute Gasteiger partial charge is 0.168 e. The molecule has 1 unspecified atom stereocenters.